The molecule has 0 saturated carbocycles. The van der Waals surface area contributed by atoms with Crippen molar-refractivity contribution in [3.8, 4) is 0 Å². The van der Waals surface area contributed by atoms with Crippen molar-refractivity contribution in [3.05, 3.63) is 0 Å². The fourth-order valence-electron chi connectivity index (χ4n) is 0.664. The van der Waals surface area contributed by atoms with Crippen molar-refractivity contribution in [2.45, 2.75) is 6.92 Å². The minimum atomic E-state index is -0.498. The van der Waals surface area contributed by atoms with Gasteiger partial charge in [0.25, 0.3) is 0 Å². The number of nitrogens with zero attached hydrogens (tertiary/aromatic N) is 1. The van der Waals surface area contributed by atoms with Crippen molar-refractivity contribution >= 4 is 24.4 Å². The van der Waals surface area contributed by atoms with Crippen LogP contribution in [0.1, 0.15) is 6.92 Å². The molecular formula is C6H12N2O2S. The topological polar surface area (TPSA) is 63.4 Å². The Morgan fingerprint density at radius 1 is 1.55 bits per heavy atom. The normalized spacial score (nSPS) is 9.27. The molecule has 0 radical (unpaired) electrons. The van der Waals surface area contributed by atoms with E-state index in [2.05, 4.69) is 12.6 Å². The summed E-state index contributed by atoms with van der Waals surface area (Å²) in [6.07, 6.45) is 0. The molecule has 0 aromatic rings. The SMILES string of the molecule is CCN(CC(N)=O)C(=O)CS. The lowest BCUT2D eigenvalue weighted by Crippen LogP contribution is -2.38. The molecule has 0 unspecified atom stereocenters. The summed E-state index contributed by atoms with van der Waals surface area (Å²) in [5.74, 6) is -0.558. The zero-order valence-corrected chi connectivity index (χ0v) is 7.30. The van der Waals surface area contributed by atoms with Crippen molar-refractivity contribution in [3.63, 3.8) is 0 Å². The fourth-order valence-corrected chi connectivity index (χ4v) is 0.864. The summed E-state index contributed by atoms with van der Waals surface area (Å²) in [4.78, 5) is 22.7. The first-order chi connectivity index (χ1) is 5.11. The van der Waals surface area contributed by atoms with Crippen LogP contribution >= 0.6 is 12.6 Å². The van der Waals surface area contributed by atoms with E-state index in [4.69, 9.17) is 5.73 Å². The Balaban J connectivity index is 3.94. The van der Waals surface area contributed by atoms with E-state index in [9.17, 15) is 9.59 Å². The Bertz CT molecular complexity index is 161. The third-order valence-corrected chi connectivity index (χ3v) is 1.49. The van der Waals surface area contributed by atoms with Crippen LogP contribution in [0.15, 0.2) is 0 Å². The van der Waals surface area contributed by atoms with Gasteiger partial charge in [-0.3, -0.25) is 9.59 Å². The summed E-state index contributed by atoms with van der Waals surface area (Å²) in [5.41, 5.74) is 4.90. The summed E-state index contributed by atoms with van der Waals surface area (Å²) < 4.78 is 0. The van der Waals surface area contributed by atoms with Crippen LogP contribution in [-0.4, -0.2) is 35.6 Å². The third kappa shape index (κ3) is 3.87. The van der Waals surface area contributed by atoms with E-state index >= 15 is 0 Å². The average Bonchev–Trinajstić information content (AvgIpc) is 1.98. The average molecular weight is 176 g/mol. The van der Waals surface area contributed by atoms with Gasteiger partial charge in [0.05, 0.1) is 12.3 Å². The van der Waals surface area contributed by atoms with Crippen LogP contribution in [0.5, 0.6) is 0 Å². The molecule has 0 aromatic heterocycles. The molecule has 4 nitrogen and oxygen atoms in total. The predicted molar refractivity (Wildman–Crippen MR) is 45.3 cm³/mol. The van der Waals surface area contributed by atoms with Gasteiger partial charge in [0.2, 0.25) is 11.8 Å². The number of thiol groups is 1. The van der Waals surface area contributed by atoms with E-state index in [1.807, 2.05) is 0 Å². The van der Waals surface area contributed by atoms with Gasteiger partial charge in [-0.25, -0.2) is 0 Å². The quantitative estimate of drug-likeness (QED) is 0.554. The van der Waals surface area contributed by atoms with Crippen LogP contribution in [0.25, 0.3) is 0 Å². The molecule has 0 aliphatic carbocycles. The van der Waals surface area contributed by atoms with Crippen LogP contribution in [0.4, 0.5) is 0 Å². The van der Waals surface area contributed by atoms with Gasteiger partial charge < -0.3 is 10.6 Å². The Hall–Kier alpha value is -0.710. The highest BCUT2D eigenvalue weighted by atomic mass is 32.1. The molecule has 0 rings (SSSR count). The predicted octanol–water partition coefficient (Wildman–Crippen LogP) is -0.750. The Labute approximate surface area is 71.1 Å². The van der Waals surface area contributed by atoms with Gasteiger partial charge in [-0.2, -0.15) is 12.6 Å². The Kier molecular flexibility index (Phi) is 4.69. The summed E-state index contributed by atoms with van der Waals surface area (Å²) in [7, 11) is 0. The van der Waals surface area contributed by atoms with Gasteiger partial charge in [0.1, 0.15) is 0 Å². The van der Waals surface area contributed by atoms with Crippen molar-refractivity contribution in [1.82, 2.24) is 4.90 Å². The second-order valence-electron chi connectivity index (χ2n) is 2.03. The number of nitrogens with two attached hydrogens (primary N) is 1. The van der Waals surface area contributed by atoms with Crippen molar-refractivity contribution in [1.29, 1.82) is 0 Å². The van der Waals surface area contributed by atoms with Crippen molar-refractivity contribution in [2.24, 2.45) is 5.73 Å². The zero-order valence-electron chi connectivity index (χ0n) is 6.41. The number of carbonyl (C=O) groups is 2. The molecule has 2 N–H and O–H groups in total. The van der Waals surface area contributed by atoms with Crippen LogP contribution in [0.3, 0.4) is 0 Å². The Morgan fingerprint density at radius 3 is 2.36 bits per heavy atom. The lowest BCUT2D eigenvalue weighted by molar-refractivity contribution is -0.132. The number of likely N-dealkylation sites (N-methyl/N-ethyl adjacent to an activating group) is 1. The largest absolute Gasteiger partial charge is 0.368 e. The van der Waals surface area contributed by atoms with Crippen LogP contribution in [-0.2, 0) is 9.59 Å². The van der Waals surface area contributed by atoms with Crippen molar-refractivity contribution < 1.29 is 9.59 Å². The lowest BCUT2D eigenvalue weighted by Gasteiger charge is -2.17. The van der Waals surface area contributed by atoms with Crippen LogP contribution in [0.2, 0.25) is 0 Å². The second-order valence-corrected chi connectivity index (χ2v) is 2.35. The highest BCUT2D eigenvalue weighted by molar-refractivity contribution is 7.81. The fraction of sp³-hybridized carbons (Fsp3) is 0.667. The molecule has 0 spiro atoms. The molecule has 0 fully saturated rings. The maximum absolute atomic E-state index is 10.9. The van der Waals surface area contributed by atoms with Crippen LogP contribution < -0.4 is 5.73 Å². The van der Waals surface area contributed by atoms with E-state index in [1.165, 1.54) is 4.90 Å². The number of hydrogen-bond acceptors (Lipinski definition) is 3. The molecule has 64 valence electrons. The van der Waals surface area contributed by atoms with Gasteiger partial charge >= 0.3 is 0 Å². The molecule has 0 bridgehead atoms. The molecular weight excluding hydrogens is 164 g/mol. The Morgan fingerprint density at radius 2 is 2.09 bits per heavy atom. The maximum atomic E-state index is 10.9. The highest BCUT2D eigenvalue weighted by Crippen LogP contribution is 1.90. The van der Waals surface area contributed by atoms with Gasteiger partial charge in [-0.05, 0) is 6.92 Å². The zero-order chi connectivity index (χ0) is 8.85. The van der Waals surface area contributed by atoms with E-state index in [-0.39, 0.29) is 18.2 Å². The first kappa shape index (κ1) is 10.3. The molecule has 2 amide bonds. The maximum Gasteiger partial charge on any atom is 0.237 e. The molecule has 0 atom stereocenters. The van der Waals surface area contributed by atoms with E-state index in [0.717, 1.165) is 0 Å². The van der Waals surface area contributed by atoms with E-state index in [1.54, 1.807) is 6.92 Å². The number of primary amides is 1. The smallest absolute Gasteiger partial charge is 0.237 e. The molecule has 0 aromatic carbocycles. The molecule has 5 heteroatoms. The molecule has 0 aliphatic heterocycles. The second kappa shape index (κ2) is 5.01. The van der Waals surface area contributed by atoms with Gasteiger partial charge in [0, 0.05) is 6.54 Å². The van der Waals surface area contributed by atoms with E-state index in [0.29, 0.717) is 6.54 Å². The highest BCUT2D eigenvalue weighted by Gasteiger charge is 2.10. The first-order valence-electron chi connectivity index (χ1n) is 3.28. The van der Waals surface area contributed by atoms with Crippen molar-refractivity contribution in [2.75, 3.05) is 18.8 Å². The molecule has 0 saturated heterocycles. The number of amides is 2. The van der Waals surface area contributed by atoms with Gasteiger partial charge in [0.15, 0.2) is 0 Å². The third-order valence-electron chi connectivity index (χ3n) is 1.22. The summed E-state index contributed by atoms with van der Waals surface area (Å²) in [6.45, 7) is 2.25. The number of carbonyl (C=O) groups excluding carboxylic acids is 2. The van der Waals surface area contributed by atoms with E-state index < -0.39 is 5.91 Å². The summed E-state index contributed by atoms with van der Waals surface area (Å²) in [5, 5.41) is 0. The molecule has 0 aliphatic rings. The number of hydrogen-bond donors (Lipinski definition) is 2. The summed E-state index contributed by atoms with van der Waals surface area (Å²) >= 11 is 3.79. The monoisotopic (exact) mass is 176 g/mol. The molecule has 0 heterocycles. The minimum Gasteiger partial charge on any atom is -0.368 e. The summed E-state index contributed by atoms with van der Waals surface area (Å²) in [6, 6.07) is 0. The minimum absolute atomic E-state index is 0.0180. The van der Waals surface area contributed by atoms with Gasteiger partial charge in [-0.15, -0.1) is 0 Å². The standard InChI is InChI=1S/C6H12N2O2S/c1-2-8(3-5(7)9)6(10)4-11/h11H,2-4H2,1H3,(H2,7,9). The van der Waals surface area contributed by atoms with Crippen LogP contribution in [0, 0.1) is 0 Å². The molecule has 11 heavy (non-hydrogen) atoms. The lowest BCUT2D eigenvalue weighted by atomic mass is 10.4. The first-order valence-corrected chi connectivity index (χ1v) is 3.92. The number of rotatable bonds is 4. The van der Waals surface area contributed by atoms with Gasteiger partial charge in [-0.1, -0.05) is 0 Å².